The molecule has 3 atom stereocenters. The van der Waals surface area contributed by atoms with Crippen LogP contribution in [0.4, 0.5) is 5.13 Å². The van der Waals surface area contributed by atoms with E-state index >= 15 is 0 Å². The number of thiazole rings is 1. The lowest BCUT2D eigenvalue weighted by Gasteiger charge is -2.49. The molecule has 2 aliphatic heterocycles. The van der Waals surface area contributed by atoms with Crippen LogP contribution in [0, 0.1) is 0 Å². The number of aromatic nitrogens is 1. The molecule has 1 saturated heterocycles. The third-order valence-corrected chi connectivity index (χ3v) is 5.32. The molecule has 22 heavy (non-hydrogen) atoms. The minimum Gasteiger partial charge on any atom is -0.477 e. The molecule has 2 unspecified atom stereocenters. The van der Waals surface area contributed by atoms with Gasteiger partial charge in [0, 0.05) is 12.3 Å². The molecule has 2 aliphatic rings. The minimum atomic E-state index is -1.20. The smallest absolute Gasteiger partial charge is 0.352 e. The van der Waals surface area contributed by atoms with Crippen LogP contribution >= 0.6 is 23.1 Å². The third-order valence-electron chi connectivity index (χ3n) is 3.32. The van der Waals surface area contributed by atoms with Gasteiger partial charge in [-0.05, 0) is 6.08 Å². The van der Waals surface area contributed by atoms with Gasteiger partial charge in [0.15, 0.2) is 5.13 Å². The van der Waals surface area contributed by atoms with Crippen LogP contribution in [0.5, 0.6) is 0 Å². The van der Waals surface area contributed by atoms with Gasteiger partial charge < -0.3 is 16.2 Å². The first-order chi connectivity index (χ1) is 10.4. The number of anilines is 1. The normalized spacial score (nSPS) is 26.8. The van der Waals surface area contributed by atoms with Crippen molar-refractivity contribution in [2.45, 2.75) is 23.6 Å². The molecule has 0 radical (unpaired) electrons. The standard InChI is InChI=1S/C12H12N4O4S2/c1-4(17)14-7-2-6(11(19)20)16-9(18)8(10(16)22-7)5-3-21-12(13)15-5/h2-3,7-8,10H,1H3,(H2,13,15)(H,14,17)(H,19,20)/t7?,8?,10-/m1/s1. The number of nitrogens with zero attached hydrogens (tertiary/aromatic N) is 2. The number of carbonyl (C=O) groups is 3. The lowest BCUT2D eigenvalue weighted by atomic mass is 9.94. The molecule has 4 N–H and O–H groups in total. The molecular weight excluding hydrogens is 328 g/mol. The maximum absolute atomic E-state index is 12.3. The fourth-order valence-corrected chi connectivity index (χ4v) is 4.53. The minimum absolute atomic E-state index is 0.119. The number of hydrogen-bond donors (Lipinski definition) is 3. The molecule has 1 aromatic rings. The van der Waals surface area contributed by atoms with Gasteiger partial charge in [-0.1, -0.05) is 0 Å². The predicted octanol–water partition coefficient (Wildman–Crippen LogP) is 0.155. The summed E-state index contributed by atoms with van der Waals surface area (Å²) in [7, 11) is 0. The molecule has 0 saturated carbocycles. The molecule has 8 nitrogen and oxygen atoms in total. The molecule has 1 aromatic heterocycles. The van der Waals surface area contributed by atoms with E-state index in [4.69, 9.17) is 5.73 Å². The average molecular weight is 340 g/mol. The zero-order valence-corrected chi connectivity index (χ0v) is 13.0. The van der Waals surface area contributed by atoms with Crippen molar-refractivity contribution in [3.8, 4) is 0 Å². The number of rotatable bonds is 3. The van der Waals surface area contributed by atoms with Crippen molar-refractivity contribution in [2.75, 3.05) is 5.73 Å². The monoisotopic (exact) mass is 340 g/mol. The Morgan fingerprint density at radius 2 is 2.23 bits per heavy atom. The van der Waals surface area contributed by atoms with E-state index in [2.05, 4.69) is 10.3 Å². The van der Waals surface area contributed by atoms with E-state index in [1.54, 1.807) is 5.38 Å². The van der Waals surface area contributed by atoms with E-state index in [-0.39, 0.29) is 17.5 Å². The number of aliphatic carboxylic acids is 1. The molecule has 2 amide bonds. The van der Waals surface area contributed by atoms with Gasteiger partial charge in [-0.2, -0.15) is 0 Å². The van der Waals surface area contributed by atoms with E-state index in [9.17, 15) is 19.5 Å². The molecule has 10 heteroatoms. The molecule has 0 spiro atoms. The number of β-lactam (4-membered cyclic amide) rings is 1. The van der Waals surface area contributed by atoms with Crippen LogP contribution in [0.2, 0.25) is 0 Å². The van der Waals surface area contributed by atoms with Crippen molar-refractivity contribution in [3.63, 3.8) is 0 Å². The van der Waals surface area contributed by atoms with Gasteiger partial charge >= 0.3 is 5.97 Å². The number of nitrogens with two attached hydrogens (primary N) is 1. The molecule has 0 aromatic carbocycles. The Morgan fingerprint density at radius 3 is 2.77 bits per heavy atom. The summed E-state index contributed by atoms with van der Waals surface area (Å²) >= 11 is 2.53. The predicted molar refractivity (Wildman–Crippen MR) is 80.8 cm³/mol. The van der Waals surface area contributed by atoms with E-state index in [1.165, 1.54) is 41.0 Å². The highest BCUT2D eigenvalue weighted by Crippen LogP contribution is 2.48. The Labute approximate surface area is 133 Å². The fraction of sp³-hybridized carbons (Fsp3) is 0.333. The highest BCUT2D eigenvalue weighted by atomic mass is 32.2. The van der Waals surface area contributed by atoms with Crippen LogP contribution in [0.25, 0.3) is 0 Å². The Kier molecular flexibility index (Phi) is 3.57. The largest absolute Gasteiger partial charge is 0.477 e. The molecular formula is C12H12N4O4S2. The number of thioether (sulfide) groups is 1. The fourth-order valence-electron chi connectivity index (χ4n) is 2.44. The summed E-state index contributed by atoms with van der Waals surface area (Å²) in [5, 5.41) is 13.1. The topological polar surface area (TPSA) is 126 Å². The Morgan fingerprint density at radius 1 is 1.50 bits per heavy atom. The molecule has 3 heterocycles. The number of hydrogen-bond acceptors (Lipinski definition) is 7. The summed E-state index contributed by atoms with van der Waals surface area (Å²) in [6, 6.07) is 0. The second kappa shape index (κ2) is 5.29. The Hall–Kier alpha value is -2.07. The number of carboxylic acid groups (broad SMARTS) is 1. The SMILES string of the molecule is CC(=O)NC1C=C(C(=O)O)N2C(=O)C(c3csc(N)n3)[C@H]2S1. The maximum Gasteiger partial charge on any atom is 0.352 e. The van der Waals surface area contributed by atoms with Gasteiger partial charge in [-0.3, -0.25) is 14.5 Å². The Balaban J connectivity index is 1.91. The van der Waals surface area contributed by atoms with Crippen LogP contribution in [0.1, 0.15) is 18.5 Å². The molecule has 116 valence electrons. The lowest BCUT2D eigenvalue weighted by Crippen LogP contribution is -2.61. The van der Waals surface area contributed by atoms with E-state index in [1.807, 2.05) is 0 Å². The molecule has 1 fully saturated rings. The number of carbonyl (C=O) groups excluding carboxylic acids is 2. The second-order valence-electron chi connectivity index (χ2n) is 4.80. The van der Waals surface area contributed by atoms with Gasteiger partial charge in [0.05, 0.1) is 11.1 Å². The van der Waals surface area contributed by atoms with Crippen LogP contribution in [0.3, 0.4) is 0 Å². The zero-order chi connectivity index (χ0) is 16.0. The van der Waals surface area contributed by atoms with Gasteiger partial charge in [-0.25, -0.2) is 9.78 Å². The van der Waals surface area contributed by atoms with Gasteiger partial charge in [-0.15, -0.1) is 23.1 Å². The van der Waals surface area contributed by atoms with Crippen LogP contribution in [0.15, 0.2) is 17.2 Å². The molecule has 3 rings (SSSR count). The highest BCUT2D eigenvalue weighted by molar-refractivity contribution is 8.00. The van der Waals surface area contributed by atoms with E-state index in [0.717, 1.165) is 0 Å². The average Bonchev–Trinajstić information content (AvgIpc) is 2.82. The van der Waals surface area contributed by atoms with Crippen LogP contribution < -0.4 is 11.1 Å². The number of carboxylic acids is 1. The summed E-state index contributed by atoms with van der Waals surface area (Å²) in [6.45, 7) is 1.35. The van der Waals surface area contributed by atoms with Crippen LogP contribution in [-0.2, 0) is 14.4 Å². The first-order valence-electron chi connectivity index (χ1n) is 6.30. The van der Waals surface area contributed by atoms with Crippen molar-refractivity contribution in [1.29, 1.82) is 0 Å². The highest BCUT2D eigenvalue weighted by Gasteiger charge is 2.55. The summed E-state index contributed by atoms with van der Waals surface area (Å²) in [4.78, 5) is 40.2. The Bertz CT molecular complexity index is 701. The first kappa shape index (κ1) is 14.9. The van der Waals surface area contributed by atoms with E-state index in [0.29, 0.717) is 10.8 Å². The van der Waals surface area contributed by atoms with Crippen molar-refractivity contribution in [1.82, 2.24) is 15.2 Å². The first-order valence-corrected chi connectivity index (χ1v) is 8.12. The lowest BCUT2D eigenvalue weighted by molar-refractivity contribution is -0.148. The van der Waals surface area contributed by atoms with E-state index < -0.39 is 22.6 Å². The van der Waals surface area contributed by atoms with Crippen LogP contribution in [-0.4, -0.2) is 43.5 Å². The zero-order valence-electron chi connectivity index (χ0n) is 11.3. The summed E-state index contributed by atoms with van der Waals surface area (Å²) in [5.41, 5.74) is 6.01. The maximum atomic E-state index is 12.3. The molecule has 0 bridgehead atoms. The van der Waals surface area contributed by atoms with Crippen molar-refractivity contribution >= 4 is 46.0 Å². The van der Waals surface area contributed by atoms with Gasteiger partial charge in [0.25, 0.3) is 0 Å². The van der Waals surface area contributed by atoms with Gasteiger partial charge in [0.2, 0.25) is 11.8 Å². The summed E-state index contributed by atoms with van der Waals surface area (Å²) in [6.07, 6.45) is 1.37. The van der Waals surface area contributed by atoms with Crippen molar-refractivity contribution in [3.05, 3.63) is 22.8 Å². The quantitative estimate of drug-likeness (QED) is 0.669. The molecule has 0 aliphatic carbocycles. The number of nitrogen functional groups attached to an aromatic ring is 1. The number of fused-ring (bicyclic) bond motifs is 1. The van der Waals surface area contributed by atoms with Crippen molar-refractivity contribution < 1.29 is 19.5 Å². The van der Waals surface area contributed by atoms with Crippen molar-refractivity contribution in [2.24, 2.45) is 0 Å². The second-order valence-corrected chi connectivity index (χ2v) is 6.95. The third kappa shape index (κ3) is 2.33. The van der Waals surface area contributed by atoms with Gasteiger partial charge in [0.1, 0.15) is 17.0 Å². The summed E-state index contributed by atoms with van der Waals surface area (Å²) < 4.78 is 0. The number of amides is 2. The summed E-state index contributed by atoms with van der Waals surface area (Å²) in [5.74, 6) is -2.34. The number of nitrogens with one attached hydrogen (secondary N) is 1.